The summed E-state index contributed by atoms with van der Waals surface area (Å²) in [5.74, 6) is 0. The van der Waals surface area contributed by atoms with Crippen molar-refractivity contribution in [1.29, 1.82) is 0 Å². The number of hydrogen-bond donors (Lipinski definition) is 1. The van der Waals surface area contributed by atoms with Gasteiger partial charge in [-0.2, -0.15) is 0 Å². The smallest absolute Gasteiger partial charge is 0.277 e. The second-order valence-corrected chi connectivity index (χ2v) is 3.57. The molecule has 0 spiro atoms. The van der Waals surface area contributed by atoms with Crippen LogP contribution in [0.1, 0.15) is 6.92 Å². The second-order valence-electron chi connectivity index (χ2n) is 3.57. The normalized spacial score (nSPS) is 12.9. The van der Waals surface area contributed by atoms with Crippen LogP contribution in [0, 0.1) is 0 Å². The zero-order valence-corrected chi connectivity index (χ0v) is 8.42. The number of hydrogen-bond acceptors (Lipinski definition) is 4. The summed E-state index contributed by atoms with van der Waals surface area (Å²) in [5.41, 5.74) is 6.08. The predicted octanol–water partition coefficient (Wildman–Crippen LogP) is 0.139. The molecule has 0 aliphatic rings. The van der Waals surface area contributed by atoms with Gasteiger partial charge < -0.3 is 5.73 Å². The van der Waals surface area contributed by atoms with Crippen LogP contribution in [-0.4, -0.2) is 21.0 Å². The van der Waals surface area contributed by atoms with Crippen LogP contribution in [0.15, 0.2) is 29.1 Å². The first-order valence-corrected chi connectivity index (χ1v) is 4.76. The fourth-order valence-corrected chi connectivity index (χ4v) is 1.42. The second kappa shape index (κ2) is 3.78. The Morgan fingerprint density at radius 2 is 2.20 bits per heavy atom. The minimum absolute atomic E-state index is 0.113. The zero-order valence-electron chi connectivity index (χ0n) is 8.42. The molecule has 1 heterocycles. The van der Waals surface area contributed by atoms with Crippen molar-refractivity contribution in [2.75, 3.05) is 0 Å². The first kappa shape index (κ1) is 9.79. The van der Waals surface area contributed by atoms with Crippen molar-refractivity contribution in [2.24, 2.45) is 5.73 Å². The third-order valence-electron chi connectivity index (χ3n) is 2.09. The van der Waals surface area contributed by atoms with Gasteiger partial charge in [-0.05, 0) is 19.1 Å². The molecule has 0 unspecified atom stereocenters. The fourth-order valence-electron chi connectivity index (χ4n) is 1.42. The molecule has 1 atom stereocenters. The Kier molecular flexibility index (Phi) is 2.47. The molecule has 15 heavy (non-hydrogen) atoms. The summed E-state index contributed by atoms with van der Waals surface area (Å²) >= 11 is 0. The van der Waals surface area contributed by atoms with E-state index in [1.165, 1.54) is 4.68 Å². The molecule has 5 nitrogen and oxygen atoms in total. The summed E-state index contributed by atoms with van der Waals surface area (Å²) in [5, 5.41) is 8.35. The van der Waals surface area contributed by atoms with E-state index in [2.05, 4.69) is 10.3 Å². The molecule has 0 saturated heterocycles. The Hall–Kier alpha value is -1.75. The van der Waals surface area contributed by atoms with E-state index in [0.717, 1.165) is 0 Å². The SMILES string of the molecule is C[C@@H](N)Cn1nnc2ccccc2c1=O. The number of rotatable bonds is 2. The summed E-state index contributed by atoms with van der Waals surface area (Å²) in [7, 11) is 0. The largest absolute Gasteiger partial charge is 0.326 e. The predicted molar refractivity (Wildman–Crippen MR) is 57.4 cm³/mol. The first-order chi connectivity index (χ1) is 7.18. The molecule has 0 aliphatic carbocycles. The molecule has 0 amide bonds. The van der Waals surface area contributed by atoms with Gasteiger partial charge in [0.15, 0.2) is 0 Å². The zero-order chi connectivity index (χ0) is 10.8. The van der Waals surface area contributed by atoms with Gasteiger partial charge in [-0.25, -0.2) is 4.68 Å². The van der Waals surface area contributed by atoms with Crippen LogP contribution >= 0.6 is 0 Å². The minimum atomic E-state index is -0.141. The number of nitrogens with zero attached hydrogens (tertiary/aromatic N) is 3. The van der Waals surface area contributed by atoms with E-state index < -0.39 is 0 Å². The average Bonchev–Trinajstić information content (AvgIpc) is 2.22. The monoisotopic (exact) mass is 204 g/mol. The first-order valence-electron chi connectivity index (χ1n) is 4.76. The highest BCUT2D eigenvalue weighted by molar-refractivity contribution is 5.76. The maximum atomic E-state index is 11.9. The lowest BCUT2D eigenvalue weighted by Crippen LogP contribution is -2.32. The van der Waals surface area contributed by atoms with E-state index in [1.807, 2.05) is 19.1 Å². The van der Waals surface area contributed by atoms with E-state index in [4.69, 9.17) is 5.73 Å². The van der Waals surface area contributed by atoms with Gasteiger partial charge in [0.1, 0.15) is 5.52 Å². The van der Waals surface area contributed by atoms with Gasteiger partial charge in [0, 0.05) is 6.04 Å². The molecule has 0 radical (unpaired) electrons. The summed E-state index contributed by atoms with van der Waals surface area (Å²) in [4.78, 5) is 11.9. The lowest BCUT2D eigenvalue weighted by atomic mass is 10.2. The molecular weight excluding hydrogens is 192 g/mol. The van der Waals surface area contributed by atoms with Gasteiger partial charge in [-0.1, -0.05) is 17.3 Å². The van der Waals surface area contributed by atoms with Gasteiger partial charge in [0.05, 0.1) is 11.9 Å². The third kappa shape index (κ3) is 1.87. The van der Waals surface area contributed by atoms with Crippen LogP contribution in [0.3, 0.4) is 0 Å². The molecular formula is C10H12N4O. The van der Waals surface area contributed by atoms with Gasteiger partial charge in [-0.3, -0.25) is 4.79 Å². The molecule has 2 N–H and O–H groups in total. The molecule has 0 saturated carbocycles. The van der Waals surface area contributed by atoms with Crippen LogP contribution in [0.25, 0.3) is 10.9 Å². The quantitative estimate of drug-likeness (QED) is 0.755. The van der Waals surface area contributed by atoms with Crippen LogP contribution in [-0.2, 0) is 6.54 Å². The number of benzene rings is 1. The topological polar surface area (TPSA) is 73.8 Å². The highest BCUT2D eigenvalue weighted by Crippen LogP contribution is 2.03. The van der Waals surface area contributed by atoms with Gasteiger partial charge in [0.25, 0.3) is 5.56 Å². The maximum Gasteiger partial charge on any atom is 0.277 e. The van der Waals surface area contributed by atoms with Crippen molar-refractivity contribution in [2.45, 2.75) is 19.5 Å². The average molecular weight is 204 g/mol. The van der Waals surface area contributed by atoms with Gasteiger partial charge in [0.2, 0.25) is 0 Å². The molecule has 0 bridgehead atoms. The molecule has 1 aromatic carbocycles. The maximum absolute atomic E-state index is 11.9. The lowest BCUT2D eigenvalue weighted by Gasteiger charge is -2.06. The van der Waals surface area contributed by atoms with Crippen molar-refractivity contribution in [1.82, 2.24) is 15.0 Å². The fraction of sp³-hybridized carbons (Fsp3) is 0.300. The Balaban J connectivity index is 2.60. The molecule has 0 aliphatic heterocycles. The summed E-state index contributed by atoms with van der Waals surface area (Å²) < 4.78 is 1.30. The molecule has 5 heteroatoms. The Morgan fingerprint density at radius 1 is 1.47 bits per heavy atom. The van der Waals surface area contributed by atoms with E-state index in [-0.39, 0.29) is 11.6 Å². The summed E-state index contributed by atoms with van der Waals surface area (Å²) in [6, 6.07) is 7.02. The number of aromatic nitrogens is 3. The minimum Gasteiger partial charge on any atom is -0.326 e. The molecule has 0 fully saturated rings. The molecule has 2 rings (SSSR count). The lowest BCUT2D eigenvalue weighted by molar-refractivity contribution is 0.495. The summed E-state index contributed by atoms with van der Waals surface area (Å²) in [6.07, 6.45) is 0. The molecule has 78 valence electrons. The highest BCUT2D eigenvalue weighted by Gasteiger charge is 2.05. The third-order valence-corrected chi connectivity index (χ3v) is 2.09. The van der Waals surface area contributed by atoms with Crippen LogP contribution in [0.2, 0.25) is 0 Å². The highest BCUT2D eigenvalue weighted by atomic mass is 16.1. The number of fused-ring (bicyclic) bond motifs is 1. The van der Waals surface area contributed by atoms with Crippen molar-refractivity contribution in [3.05, 3.63) is 34.6 Å². The standard InChI is InChI=1S/C10H12N4O/c1-7(11)6-14-10(15)8-4-2-3-5-9(8)12-13-14/h2-5,7H,6,11H2,1H3/t7-/m1/s1. The van der Waals surface area contributed by atoms with Crippen molar-refractivity contribution >= 4 is 10.9 Å². The van der Waals surface area contributed by atoms with Gasteiger partial charge in [-0.15, -0.1) is 5.10 Å². The van der Waals surface area contributed by atoms with Crippen molar-refractivity contribution in [3.8, 4) is 0 Å². The Bertz CT molecular complexity index is 532. The van der Waals surface area contributed by atoms with E-state index in [9.17, 15) is 4.79 Å². The van der Waals surface area contributed by atoms with E-state index in [1.54, 1.807) is 12.1 Å². The number of nitrogens with two attached hydrogens (primary N) is 1. The van der Waals surface area contributed by atoms with Gasteiger partial charge >= 0.3 is 0 Å². The van der Waals surface area contributed by atoms with Crippen LogP contribution in [0.5, 0.6) is 0 Å². The molecule has 1 aromatic heterocycles. The Labute approximate surface area is 86.5 Å². The summed E-state index contributed by atoms with van der Waals surface area (Å²) in [6.45, 7) is 2.21. The van der Waals surface area contributed by atoms with Crippen molar-refractivity contribution in [3.63, 3.8) is 0 Å². The van der Waals surface area contributed by atoms with E-state index >= 15 is 0 Å². The molecule has 2 aromatic rings. The van der Waals surface area contributed by atoms with Crippen LogP contribution in [0.4, 0.5) is 0 Å². The van der Waals surface area contributed by atoms with E-state index in [0.29, 0.717) is 17.4 Å². The van der Waals surface area contributed by atoms with Crippen molar-refractivity contribution < 1.29 is 0 Å². The Morgan fingerprint density at radius 3 is 2.93 bits per heavy atom. The van der Waals surface area contributed by atoms with Crippen LogP contribution < -0.4 is 11.3 Å².